The van der Waals surface area contributed by atoms with E-state index in [1.165, 1.54) is 0 Å². The maximum absolute atomic E-state index is 12.0. The number of hydrogen-bond donors (Lipinski definition) is 1. The zero-order valence-electron chi connectivity index (χ0n) is 11.6. The van der Waals surface area contributed by atoms with Gasteiger partial charge in [-0.2, -0.15) is 10.1 Å². The number of para-hydroxylation sites is 1. The van der Waals surface area contributed by atoms with Crippen LogP contribution in [0.1, 0.15) is 0 Å². The molecule has 106 valence electrons. The molecule has 5 nitrogen and oxygen atoms in total. The second-order valence-electron chi connectivity index (χ2n) is 4.91. The molecule has 0 amide bonds. The van der Waals surface area contributed by atoms with Crippen molar-refractivity contribution in [1.29, 1.82) is 0 Å². The number of hydrogen-bond acceptors (Lipinski definition) is 3. The van der Waals surface area contributed by atoms with Crippen LogP contribution in [-0.4, -0.2) is 19.7 Å². The fourth-order valence-corrected chi connectivity index (χ4v) is 2.51. The predicted octanol–water partition coefficient (Wildman–Crippen LogP) is 2.78. The summed E-state index contributed by atoms with van der Waals surface area (Å²) in [6.07, 6.45) is 1.73. The fraction of sp³-hybridized carbons (Fsp3) is 0. The second kappa shape index (κ2) is 4.96. The lowest BCUT2D eigenvalue weighted by atomic mass is 10.1. The highest BCUT2D eigenvalue weighted by atomic mass is 16.1. The molecule has 2 aromatic carbocycles. The van der Waals surface area contributed by atoms with Crippen molar-refractivity contribution in [3.05, 3.63) is 77.3 Å². The van der Waals surface area contributed by atoms with Gasteiger partial charge in [0.1, 0.15) is 0 Å². The standard InChI is InChI=1S/C17H12N4O/c22-17-19-15(12-7-3-1-4-8-12)14-11-18-21(16(14)20-17)13-9-5-2-6-10-13/h1-11H,(H,19,20,22). The van der Waals surface area contributed by atoms with Gasteiger partial charge in [0.15, 0.2) is 5.65 Å². The third-order valence-corrected chi connectivity index (χ3v) is 3.52. The van der Waals surface area contributed by atoms with Crippen molar-refractivity contribution in [1.82, 2.24) is 19.7 Å². The summed E-state index contributed by atoms with van der Waals surface area (Å²) in [6.45, 7) is 0. The van der Waals surface area contributed by atoms with Crippen LogP contribution in [0.3, 0.4) is 0 Å². The van der Waals surface area contributed by atoms with E-state index in [9.17, 15) is 4.79 Å². The average Bonchev–Trinajstić information content (AvgIpc) is 2.99. The molecule has 0 bridgehead atoms. The summed E-state index contributed by atoms with van der Waals surface area (Å²) in [6, 6.07) is 19.3. The third kappa shape index (κ3) is 2.00. The summed E-state index contributed by atoms with van der Waals surface area (Å²) >= 11 is 0. The fourth-order valence-electron chi connectivity index (χ4n) is 2.51. The maximum Gasteiger partial charge on any atom is 0.347 e. The van der Waals surface area contributed by atoms with Crippen LogP contribution in [0, 0.1) is 0 Å². The maximum atomic E-state index is 12.0. The lowest BCUT2D eigenvalue weighted by molar-refractivity contribution is 0.890. The summed E-state index contributed by atoms with van der Waals surface area (Å²) in [7, 11) is 0. The number of aromatic nitrogens is 4. The Kier molecular flexibility index (Phi) is 2.83. The molecule has 0 aliphatic rings. The Morgan fingerprint density at radius 1 is 0.909 bits per heavy atom. The lowest BCUT2D eigenvalue weighted by Crippen LogP contribution is -2.12. The first-order valence-electron chi connectivity index (χ1n) is 6.92. The van der Waals surface area contributed by atoms with Crippen LogP contribution in [-0.2, 0) is 0 Å². The Labute approximate surface area is 125 Å². The molecule has 0 aliphatic heterocycles. The molecular weight excluding hydrogens is 276 g/mol. The van der Waals surface area contributed by atoms with E-state index in [4.69, 9.17) is 0 Å². The number of benzene rings is 2. The number of nitrogens with zero attached hydrogens (tertiary/aromatic N) is 3. The highest BCUT2D eigenvalue weighted by molar-refractivity contribution is 5.90. The average molecular weight is 288 g/mol. The molecule has 2 aromatic heterocycles. The minimum absolute atomic E-state index is 0.385. The molecule has 4 rings (SSSR count). The first kappa shape index (κ1) is 12.5. The van der Waals surface area contributed by atoms with E-state index in [1.54, 1.807) is 10.9 Å². The molecular formula is C17H12N4O. The minimum atomic E-state index is -0.385. The lowest BCUT2D eigenvalue weighted by Gasteiger charge is -2.04. The highest BCUT2D eigenvalue weighted by Crippen LogP contribution is 2.25. The third-order valence-electron chi connectivity index (χ3n) is 3.52. The molecule has 0 atom stereocenters. The van der Waals surface area contributed by atoms with Gasteiger partial charge in [-0.25, -0.2) is 9.48 Å². The van der Waals surface area contributed by atoms with E-state index < -0.39 is 0 Å². The van der Waals surface area contributed by atoms with E-state index in [0.29, 0.717) is 5.65 Å². The van der Waals surface area contributed by atoms with Crippen LogP contribution in [0.15, 0.2) is 71.7 Å². The van der Waals surface area contributed by atoms with E-state index in [2.05, 4.69) is 15.1 Å². The van der Waals surface area contributed by atoms with Crippen LogP contribution in [0.5, 0.6) is 0 Å². The number of aromatic amines is 1. The monoisotopic (exact) mass is 288 g/mol. The van der Waals surface area contributed by atoms with E-state index >= 15 is 0 Å². The normalized spacial score (nSPS) is 10.9. The molecule has 2 heterocycles. The largest absolute Gasteiger partial charge is 0.347 e. The van der Waals surface area contributed by atoms with Gasteiger partial charge in [-0.15, -0.1) is 0 Å². The highest BCUT2D eigenvalue weighted by Gasteiger charge is 2.12. The Morgan fingerprint density at radius 3 is 2.32 bits per heavy atom. The summed E-state index contributed by atoms with van der Waals surface area (Å²) < 4.78 is 1.68. The number of H-pyrrole nitrogens is 1. The van der Waals surface area contributed by atoms with Gasteiger partial charge in [0.2, 0.25) is 0 Å². The second-order valence-corrected chi connectivity index (χ2v) is 4.91. The van der Waals surface area contributed by atoms with Crippen molar-refractivity contribution in [2.75, 3.05) is 0 Å². The minimum Gasteiger partial charge on any atom is -0.305 e. The number of fused-ring (bicyclic) bond motifs is 1. The van der Waals surface area contributed by atoms with Crippen molar-refractivity contribution < 1.29 is 0 Å². The SMILES string of the molecule is O=c1nc2c(cnn2-c2ccccc2)c(-c2ccccc2)[nH]1. The van der Waals surface area contributed by atoms with Crippen LogP contribution in [0.4, 0.5) is 0 Å². The molecule has 0 unspecified atom stereocenters. The summed E-state index contributed by atoms with van der Waals surface area (Å²) in [5.41, 5.74) is 2.70. The van der Waals surface area contributed by atoms with Gasteiger partial charge in [0.25, 0.3) is 0 Å². The van der Waals surface area contributed by atoms with Gasteiger partial charge in [0.05, 0.1) is 23.0 Å². The smallest absolute Gasteiger partial charge is 0.305 e. The Balaban J connectivity index is 2.02. The first-order chi connectivity index (χ1) is 10.8. The molecule has 4 aromatic rings. The first-order valence-corrected chi connectivity index (χ1v) is 6.92. The molecule has 0 spiro atoms. The van der Waals surface area contributed by atoms with Crippen molar-refractivity contribution in [3.63, 3.8) is 0 Å². The van der Waals surface area contributed by atoms with Gasteiger partial charge in [0, 0.05) is 0 Å². The van der Waals surface area contributed by atoms with E-state index in [1.807, 2.05) is 60.7 Å². The van der Waals surface area contributed by atoms with Crippen molar-refractivity contribution in [2.45, 2.75) is 0 Å². The summed E-state index contributed by atoms with van der Waals surface area (Å²) in [5, 5.41) is 5.20. The van der Waals surface area contributed by atoms with Gasteiger partial charge < -0.3 is 4.98 Å². The zero-order chi connectivity index (χ0) is 14.9. The number of rotatable bonds is 2. The molecule has 5 heteroatoms. The van der Waals surface area contributed by atoms with Crippen LogP contribution >= 0.6 is 0 Å². The molecule has 0 radical (unpaired) electrons. The summed E-state index contributed by atoms with van der Waals surface area (Å²) in [5.74, 6) is 0. The number of nitrogens with one attached hydrogen (secondary N) is 1. The molecule has 22 heavy (non-hydrogen) atoms. The topological polar surface area (TPSA) is 63.6 Å². The van der Waals surface area contributed by atoms with Crippen molar-refractivity contribution >= 4 is 11.0 Å². The van der Waals surface area contributed by atoms with Crippen LogP contribution in [0.25, 0.3) is 28.0 Å². The van der Waals surface area contributed by atoms with Crippen LogP contribution in [0.2, 0.25) is 0 Å². The van der Waals surface area contributed by atoms with E-state index in [-0.39, 0.29) is 5.69 Å². The molecule has 0 saturated carbocycles. The molecule has 0 aliphatic carbocycles. The van der Waals surface area contributed by atoms with Gasteiger partial charge >= 0.3 is 5.69 Å². The van der Waals surface area contributed by atoms with E-state index in [0.717, 1.165) is 22.3 Å². The van der Waals surface area contributed by atoms with Crippen LogP contribution < -0.4 is 5.69 Å². The Morgan fingerprint density at radius 2 is 1.59 bits per heavy atom. The van der Waals surface area contributed by atoms with Gasteiger partial charge in [-0.1, -0.05) is 48.5 Å². The molecule has 1 N–H and O–H groups in total. The van der Waals surface area contributed by atoms with Crippen molar-refractivity contribution in [2.24, 2.45) is 0 Å². The Bertz CT molecular complexity index is 988. The van der Waals surface area contributed by atoms with Crippen molar-refractivity contribution in [3.8, 4) is 16.9 Å². The van der Waals surface area contributed by atoms with Gasteiger partial charge in [-0.05, 0) is 17.7 Å². The predicted molar refractivity (Wildman–Crippen MR) is 84.9 cm³/mol. The Hall–Kier alpha value is -3.21. The van der Waals surface area contributed by atoms with Gasteiger partial charge in [-0.3, -0.25) is 0 Å². The quantitative estimate of drug-likeness (QED) is 0.617. The summed E-state index contributed by atoms with van der Waals surface area (Å²) in [4.78, 5) is 18.9. The zero-order valence-corrected chi connectivity index (χ0v) is 11.6. The molecule has 0 fully saturated rings. The molecule has 0 saturated heterocycles.